The van der Waals surface area contributed by atoms with E-state index in [2.05, 4.69) is 79.4 Å². The summed E-state index contributed by atoms with van der Waals surface area (Å²) in [4.78, 5) is 14.7. The van der Waals surface area contributed by atoms with Crippen LogP contribution in [-0.2, 0) is 0 Å². The van der Waals surface area contributed by atoms with Gasteiger partial charge in [0, 0.05) is 0 Å². The first-order valence-electron chi connectivity index (χ1n) is 12.6. The predicted molar refractivity (Wildman–Crippen MR) is 154 cm³/mol. The summed E-state index contributed by atoms with van der Waals surface area (Å²) in [6.45, 7) is 10.7. The molecule has 180 valence electrons. The van der Waals surface area contributed by atoms with Crippen molar-refractivity contribution >= 4 is 61.4 Å². The number of rotatable bonds is 2. The van der Waals surface area contributed by atoms with E-state index in [1.165, 1.54) is 27.5 Å². The fourth-order valence-electron chi connectivity index (χ4n) is 6.13. The van der Waals surface area contributed by atoms with Crippen molar-refractivity contribution in [3.63, 3.8) is 0 Å². The zero-order chi connectivity index (χ0) is 25.5. The van der Waals surface area contributed by atoms with Crippen LogP contribution >= 0.6 is 0 Å². The molecule has 36 heavy (non-hydrogen) atoms. The predicted octanol–water partition coefficient (Wildman–Crippen LogP) is 7.83. The molecule has 5 heteroatoms. The van der Waals surface area contributed by atoms with E-state index in [1.54, 1.807) is 4.40 Å². The Hall–Kier alpha value is -3.25. The second-order valence-corrected chi connectivity index (χ2v) is 21.7. The molecule has 0 unspecified atom stereocenters. The first-order valence-corrected chi connectivity index (χ1v) is 19.9. The number of pyridine rings is 1. The first-order chi connectivity index (χ1) is 17.0. The van der Waals surface area contributed by atoms with Gasteiger partial charge in [-0.05, 0) is 6.92 Å². The summed E-state index contributed by atoms with van der Waals surface area (Å²) in [5, 5.41) is 5.71. The zero-order valence-electron chi connectivity index (χ0n) is 22.3. The van der Waals surface area contributed by atoms with Crippen LogP contribution in [0.25, 0.3) is 55.0 Å². The summed E-state index contributed by atoms with van der Waals surface area (Å²) >= 11 is -2.11. The van der Waals surface area contributed by atoms with Gasteiger partial charge in [0.1, 0.15) is 0 Å². The van der Waals surface area contributed by atoms with Gasteiger partial charge >= 0.3 is 208 Å². The molecule has 3 heterocycles. The number of hydrogen-bond acceptors (Lipinski definition) is 4. The quantitative estimate of drug-likeness (QED) is 0.168. The van der Waals surface area contributed by atoms with Gasteiger partial charge in [-0.3, -0.25) is 0 Å². The Bertz CT molecular complexity index is 1880. The molecule has 0 spiro atoms. The molecular formula is C31H31GeN3O. The van der Waals surface area contributed by atoms with Crippen molar-refractivity contribution in [1.82, 2.24) is 15.0 Å². The molecule has 0 atom stereocenters. The standard InChI is InChI=1S/C31H31GeN3O/c1-16-9-12-24(30-25(16)22-13-10-18(3)33-31(22)36-30)28-23-14-11-21-15-17(2)27(32(6,7)8)19(4)26(21)29(23)35-20(5)34-28/h9-15H,1-8H3. The molecule has 0 aliphatic rings. The van der Waals surface area contributed by atoms with Crippen LogP contribution in [0.4, 0.5) is 0 Å². The molecule has 0 fully saturated rings. The fourth-order valence-corrected chi connectivity index (χ4v) is 11.4. The van der Waals surface area contributed by atoms with Crippen molar-refractivity contribution in [3.05, 3.63) is 70.7 Å². The maximum atomic E-state index is 6.42. The summed E-state index contributed by atoms with van der Waals surface area (Å²) in [7, 11) is 0. The van der Waals surface area contributed by atoms with Crippen molar-refractivity contribution in [1.29, 1.82) is 0 Å². The number of aryl methyl sites for hydroxylation is 5. The zero-order valence-corrected chi connectivity index (χ0v) is 24.4. The van der Waals surface area contributed by atoms with Crippen LogP contribution < -0.4 is 4.40 Å². The second kappa shape index (κ2) is 7.87. The Labute approximate surface area is 214 Å². The average Bonchev–Trinajstić information content (AvgIpc) is 3.16. The topological polar surface area (TPSA) is 51.8 Å². The van der Waals surface area contributed by atoms with Gasteiger partial charge in [0.15, 0.2) is 0 Å². The maximum absolute atomic E-state index is 6.42. The Morgan fingerprint density at radius 2 is 1.47 bits per heavy atom. The molecule has 0 aliphatic carbocycles. The van der Waals surface area contributed by atoms with Crippen LogP contribution in [0.1, 0.15) is 28.2 Å². The number of benzene rings is 3. The van der Waals surface area contributed by atoms with E-state index in [0.717, 1.165) is 50.0 Å². The summed E-state index contributed by atoms with van der Waals surface area (Å²) in [5.74, 6) is 8.18. The Morgan fingerprint density at radius 1 is 0.722 bits per heavy atom. The minimum atomic E-state index is -2.11. The van der Waals surface area contributed by atoms with Gasteiger partial charge in [-0.15, -0.1) is 0 Å². The molecule has 0 aliphatic heterocycles. The number of furan rings is 1. The van der Waals surface area contributed by atoms with Crippen LogP contribution in [0, 0.1) is 34.6 Å². The van der Waals surface area contributed by atoms with Crippen LogP contribution in [0.5, 0.6) is 0 Å². The van der Waals surface area contributed by atoms with Gasteiger partial charge in [-0.1, -0.05) is 0 Å². The van der Waals surface area contributed by atoms with E-state index in [4.69, 9.17) is 14.4 Å². The number of hydrogen-bond donors (Lipinski definition) is 0. The Balaban J connectivity index is 1.75. The van der Waals surface area contributed by atoms with E-state index in [0.29, 0.717) is 5.71 Å². The Kier molecular flexibility index (Phi) is 5.07. The Morgan fingerprint density at radius 3 is 2.22 bits per heavy atom. The average molecular weight is 534 g/mol. The number of aromatic nitrogens is 3. The molecule has 4 nitrogen and oxygen atoms in total. The van der Waals surface area contributed by atoms with Crippen molar-refractivity contribution in [2.24, 2.45) is 0 Å². The molecule has 0 amide bonds. The van der Waals surface area contributed by atoms with Crippen molar-refractivity contribution in [3.8, 4) is 11.3 Å². The summed E-state index contributed by atoms with van der Waals surface area (Å²) in [6.07, 6.45) is 0. The van der Waals surface area contributed by atoms with Gasteiger partial charge < -0.3 is 0 Å². The third-order valence-corrected chi connectivity index (χ3v) is 12.1. The normalized spacial score (nSPS) is 12.4. The van der Waals surface area contributed by atoms with Gasteiger partial charge in [0.2, 0.25) is 0 Å². The van der Waals surface area contributed by atoms with E-state index >= 15 is 0 Å². The fraction of sp³-hybridized carbons (Fsp3) is 0.258. The molecule has 3 aromatic heterocycles. The molecule has 0 radical (unpaired) electrons. The van der Waals surface area contributed by atoms with Crippen LogP contribution in [0.15, 0.2) is 46.9 Å². The number of fused-ring (bicyclic) bond motifs is 6. The molecule has 0 N–H and O–H groups in total. The van der Waals surface area contributed by atoms with Crippen LogP contribution in [0.3, 0.4) is 0 Å². The monoisotopic (exact) mass is 535 g/mol. The van der Waals surface area contributed by atoms with Crippen LogP contribution in [0.2, 0.25) is 17.3 Å². The molecule has 3 aromatic carbocycles. The van der Waals surface area contributed by atoms with Gasteiger partial charge in [-0.25, -0.2) is 0 Å². The third kappa shape index (κ3) is 3.38. The van der Waals surface area contributed by atoms with E-state index < -0.39 is 13.3 Å². The SMILES string of the molecule is Cc1ccc2c(n1)oc1c(-c3nc(C)nc4c3ccc3cc(C)[c]([Ge]([CH3])([CH3])[CH3])c(C)c34)ccc(C)c12. The van der Waals surface area contributed by atoms with Gasteiger partial charge in [0.05, 0.1) is 0 Å². The van der Waals surface area contributed by atoms with E-state index in [-0.39, 0.29) is 0 Å². The van der Waals surface area contributed by atoms with Crippen LogP contribution in [-0.4, -0.2) is 28.2 Å². The molecule has 6 rings (SSSR count). The minimum absolute atomic E-state index is 0.675. The van der Waals surface area contributed by atoms with Crippen molar-refractivity contribution in [2.45, 2.75) is 51.9 Å². The van der Waals surface area contributed by atoms with E-state index in [9.17, 15) is 0 Å². The summed E-state index contributed by atoms with van der Waals surface area (Å²) in [5.41, 5.74) is 9.35. The summed E-state index contributed by atoms with van der Waals surface area (Å²) in [6, 6.07) is 15.2. The van der Waals surface area contributed by atoms with Gasteiger partial charge in [-0.2, -0.15) is 0 Å². The first kappa shape index (κ1) is 23.2. The third-order valence-electron chi connectivity index (χ3n) is 7.37. The molecule has 0 saturated carbocycles. The van der Waals surface area contributed by atoms with Crippen molar-refractivity contribution < 1.29 is 4.42 Å². The molecule has 6 aromatic rings. The summed E-state index contributed by atoms with van der Waals surface area (Å²) < 4.78 is 7.99. The number of nitrogens with zero attached hydrogens (tertiary/aromatic N) is 3. The molecular weight excluding hydrogens is 503 g/mol. The molecule has 0 saturated heterocycles. The van der Waals surface area contributed by atoms with E-state index in [1.807, 2.05) is 19.9 Å². The second-order valence-electron chi connectivity index (χ2n) is 11.2. The van der Waals surface area contributed by atoms with Crippen molar-refractivity contribution in [2.75, 3.05) is 0 Å². The molecule has 0 bridgehead atoms. The van der Waals surface area contributed by atoms with Gasteiger partial charge in [0.25, 0.3) is 0 Å².